The minimum atomic E-state index is -0.343. The molecule has 1 atom stereocenters. The zero-order valence-corrected chi connectivity index (χ0v) is 12.1. The largest absolute Gasteiger partial charge is 0.396 e. The number of aliphatic hydroxyl groups excluding tert-OH is 1. The molecule has 0 heterocycles. The lowest BCUT2D eigenvalue weighted by atomic mass is 10.0. The van der Waals surface area contributed by atoms with Gasteiger partial charge in [-0.2, -0.15) is 0 Å². The van der Waals surface area contributed by atoms with Crippen LogP contribution in [-0.2, 0) is 4.79 Å². The molecule has 4 heteroatoms. The van der Waals surface area contributed by atoms with Crippen molar-refractivity contribution in [3.05, 3.63) is 77.6 Å². The van der Waals surface area contributed by atoms with Crippen molar-refractivity contribution in [3.63, 3.8) is 0 Å². The molecule has 3 nitrogen and oxygen atoms in total. The number of halogens is 1. The van der Waals surface area contributed by atoms with Crippen molar-refractivity contribution >= 4 is 12.0 Å². The van der Waals surface area contributed by atoms with Gasteiger partial charge in [-0.05, 0) is 35.8 Å². The lowest BCUT2D eigenvalue weighted by Gasteiger charge is -2.17. The smallest absolute Gasteiger partial charge is 0.244 e. The summed E-state index contributed by atoms with van der Waals surface area (Å²) < 4.78 is 13.1. The second-order valence-electron chi connectivity index (χ2n) is 4.87. The van der Waals surface area contributed by atoms with Crippen molar-refractivity contribution in [1.82, 2.24) is 5.32 Å². The van der Waals surface area contributed by atoms with Gasteiger partial charge in [-0.3, -0.25) is 4.79 Å². The maximum absolute atomic E-state index is 13.1. The molecule has 0 fully saturated rings. The van der Waals surface area contributed by atoms with Crippen LogP contribution in [0.15, 0.2) is 60.7 Å². The molecular formula is C18H18FNO2. The number of rotatable bonds is 6. The summed E-state index contributed by atoms with van der Waals surface area (Å²) in [7, 11) is 0. The first kappa shape index (κ1) is 15.9. The molecule has 0 bridgehead atoms. The Morgan fingerprint density at radius 2 is 1.95 bits per heavy atom. The monoisotopic (exact) mass is 299 g/mol. The SMILES string of the molecule is O=C(/C=C/c1cccc(F)c1)NC(CCO)c1ccccc1. The predicted molar refractivity (Wildman–Crippen MR) is 84.5 cm³/mol. The number of carbonyl (C=O) groups excluding carboxylic acids is 1. The van der Waals surface area contributed by atoms with Crippen LogP contribution in [0.1, 0.15) is 23.6 Å². The summed E-state index contributed by atoms with van der Waals surface area (Å²) >= 11 is 0. The van der Waals surface area contributed by atoms with E-state index in [0.717, 1.165) is 5.56 Å². The highest BCUT2D eigenvalue weighted by Crippen LogP contribution is 2.16. The van der Waals surface area contributed by atoms with E-state index >= 15 is 0 Å². The minimum absolute atomic E-state index is 0.0204. The van der Waals surface area contributed by atoms with Gasteiger partial charge in [0.15, 0.2) is 0 Å². The van der Waals surface area contributed by atoms with E-state index in [9.17, 15) is 9.18 Å². The van der Waals surface area contributed by atoms with Crippen LogP contribution in [0.3, 0.4) is 0 Å². The Kier molecular flexibility index (Phi) is 5.86. The number of hydrogen-bond donors (Lipinski definition) is 2. The normalized spacial score (nSPS) is 12.3. The summed E-state index contributed by atoms with van der Waals surface area (Å²) in [6.45, 7) is -0.0204. The van der Waals surface area contributed by atoms with E-state index in [1.807, 2.05) is 30.3 Å². The molecule has 0 aromatic heterocycles. The van der Waals surface area contributed by atoms with E-state index in [-0.39, 0.29) is 24.4 Å². The van der Waals surface area contributed by atoms with Crippen LogP contribution in [0, 0.1) is 5.82 Å². The molecule has 114 valence electrons. The van der Waals surface area contributed by atoms with E-state index in [2.05, 4.69) is 5.32 Å². The van der Waals surface area contributed by atoms with Crippen molar-refractivity contribution in [2.24, 2.45) is 0 Å². The van der Waals surface area contributed by atoms with Gasteiger partial charge in [-0.15, -0.1) is 0 Å². The number of carbonyl (C=O) groups is 1. The molecule has 0 radical (unpaired) electrons. The third-order valence-electron chi connectivity index (χ3n) is 3.21. The summed E-state index contributed by atoms with van der Waals surface area (Å²) in [6.07, 6.45) is 3.35. The van der Waals surface area contributed by atoms with Crippen LogP contribution < -0.4 is 5.32 Å². The van der Waals surface area contributed by atoms with Crippen molar-refractivity contribution < 1.29 is 14.3 Å². The average Bonchev–Trinajstić information content (AvgIpc) is 2.53. The summed E-state index contributed by atoms with van der Waals surface area (Å²) in [5, 5.41) is 12.0. The topological polar surface area (TPSA) is 49.3 Å². The molecule has 0 spiro atoms. The maximum atomic E-state index is 13.1. The highest BCUT2D eigenvalue weighted by atomic mass is 19.1. The Morgan fingerprint density at radius 3 is 2.64 bits per heavy atom. The van der Waals surface area contributed by atoms with Crippen LogP contribution in [0.25, 0.3) is 6.08 Å². The first-order chi connectivity index (χ1) is 10.7. The number of hydrogen-bond acceptors (Lipinski definition) is 2. The van der Waals surface area contributed by atoms with E-state index in [4.69, 9.17) is 5.11 Å². The fourth-order valence-corrected chi connectivity index (χ4v) is 2.14. The van der Waals surface area contributed by atoms with E-state index in [1.165, 1.54) is 18.2 Å². The van der Waals surface area contributed by atoms with Crippen molar-refractivity contribution in [2.45, 2.75) is 12.5 Å². The van der Waals surface area contributed by atoms with Crippen molar-refractivity contribution in [2.75, 3.05) is 6.61 Å². The molecule has 1 unspecified atom stereocenters. The van der Waals surface area contributed by atoms with E-state index < -0.39 is 0 Å². The van der Waals surface area contributed by atoms with Gasteiger partial charge in [0, 0.05) is 12.7 Å². The summed E-state index contributed by atoms with van der Waals surface area (Å²) in [6, 6.07) is 15.2. The third-order valence-corrected chi connectivity index (χ3v) is 3.21. The Bertz CT molecular complexity index is 641. The van der Waals surface area contributed by atoms with Crippen LogP contribution in [0.4, 0.5) is 4.39 Å². The van der Waals surface area contributed by atoms with Crippen LogP contribution in [0.5, 0.6) is 0 Å². The molecule has 0 aliphatic rings. The lowest BCUT2D eigenvalue weighted by Crippen LogP contribution is -2.27. The number of nitrogens with one attached hydrogen (secondary N) is 1. The molecule has 0 saturated heterocycles. The molecule has 2 aromatic carbocycles. The average molecular weight is 299 g/mol. The Labute approximate surface area is 129 Å². The number of benzene rings is 2. The summed E-state index contributed by atoms with van der Waals surface area (Å²) in [5.74, 6) is -0.628. The van der Waals surface area contributed by atoms with Gasteiger partial charge in [-0.25, -0.2) is 4.39 Å². The molecule has 0 aliphatic carbocycles. The van der Waals surface area contributed by atoms with E-state index in [1.54, 1.807) is 18.2 Å². The summed E-state index contributed by atoms with van der Waals surface area (Å²) in [4.78, 5) is 12.0. The number of amides is 1. The molecule has 2 aromatic rings. The van der Waals surface area contributed by atoms with Gasteiger partial charge in [0.05, 0.1) is 6.04 Å². The Balaban J connectivity index is 2.02. The van der Waals surface area contributed by atoms with Gasteiger partial charge >= 0.3 is 0 Å². The van der Waals surface area contributed by atoms with Gasteiger partial charge < -0.3 is 10.4 Å². The van der Waals surface area contributed by atoms with Gasteiger partial charge in [0.25, 0.3) is 0 Å². The van der Waals surface area contributed by atoms with Gasteiger partial charge in [-0.1, -0.05) is 42.5 Å². The molecule has 2 rings (SSSR count). The zero-order chi connectivity index (χ0) is 15.8. The van der Waals surface area contributed by atoms with Crippen LogP contribution in [0.2, 0.25) is 0 Å². The zero-order valence-electron chi connectivity index (χ0n) is 12.1. The first-order valence-corrected chi connectivity index (χ1v) is 7.09. The second-order valence-corrected chi connectivity index (χ2v) is 4.87. The highest BCUT2D eigenvalue weighted by molar-refractivity contribution is 5.92. The fraction of sp³-hybridized carbons (Fsp3) is 0.167. The third kappa shape index (κ3) is 4.82. The van der Waals surface area contributed by atoms with E-state index in [0.29, 0.717) is 12.0 Å². The van der Waals surface area contributed by atoms with Gasteiger partial charge in [0.1, 0.15) is 5.82 Å². The molecule has 0 aliphatic heterocycles. The quantitative estimate of drug-likeness (QED) is 0.805. The van der Waals surface area contributed by atoms with Crippen molar-refractivity contribution in [1.29, 1.82) is 0 Å². The second kappa shape index (κ2) is 8.10. The standard InChI is InChI=1S/C18H18FNO2/c19-16-8-4-5-14(13-16)9-10-18(22)20-17(11-12-21)15-6-2-1-3-7-15/h1-10,13,17,21H,11-12H2,(H,20,22)/b10-9+. The van der Waals surface area contributed by atoms with Crippen LogP contribution in [-0.4, -0.2) is 17.6 Å². The molecule has 1 amide bonds. The van der Waals surface area contributed by atoms with Crippen LogP contribution >= 0.6 is 0 Å². The molecular weight excluding hydrogens is 281 g/mol. The molecule has 2 N–H and O–H groups in total. The Morgan fingerprint density at radius 1 is 1.18 bits per heavy atom. The Hall–Kier alpha value is -2.46. The maximum Gasteiger partial charge on any atom is 0.244 e. The van der Waals surface area contributed by atoms with Gasteiger partial charge in [0.2, 0.25) is 5.91 Å². The highest BCUT2D eigenvalue weighted by Gasteiger charge is 2.12. The minimum Gasteiger partial charge on any atom is -0.396 e. The lowest BCUT2D eigenvalue weighted by molar-refractivity contribution is -0.117. The number of aliphatic hydroxyl groups is 1. The molecule has 22 heavy (non-hydrogen) atoms. The first-order valence-electron chi connectivity index (χ1n) is 7.09. The fourth-order valence-electron chi connectivity index (χ4n) is 2.14. The van der Waals surface area contributed by atoms with Crippen molar-refractivity contribution in [3.8, 4) is 0 Å². The summed E-state index contributed by atoms with van der Waals surface area (Å²) in [5.41, 5.74) is 1.55. The predicted octanol–water partition coefficient (Wildman–Crippen LogP) is 3.08. The molecule has 0 saturated carbocycles.